The van der Waals surface area contributed by atoms with Gasteiger partial charge in [0.1, 0.15) is 11.3 Å². The number of para-hydroxylation sites is 1. The highest BCUT2D eigenvalue weighted by Crippen LogP contribution is 2.23. The molecule has 1 aromatic heterocycles. The minimum Gasteiger partial charge on any atom is -0.491 e. The third kappa shape index (κ3) is 5.18. The van der Waals surface area contributed by atoms with Crippen LogP contribution in [0.5, 0.6) is 5.75 Å². The van der Waals surface area contributed by atoms with E-state index in [2.05, 4.69) is 22.5 Å². The molecule has 2 heterocycles. The van der Waals surface area contributed by atoms with Crippen LogP contribution in [0, 0.1) is 11.8 Å². The molecule has 1 saturated heterocycles. The quantitative estimate of drug-likeness (QED) is 0.714. The van der Waals surface area contributed by atoms with Crippen molar-refractivity contribution in [3.63, 3.8) is 0 Å². The maximum Gasteiger partial charge on any atom is 0.220 e. The molecule has 1 amide bonds. The second-order valence-corrected chi connectivity index (χ2v) is 7.17. The molecular formula is C21H29N3O2. The highest BCUT2D eigenvalue weighted by Gasteiger charge is 2.21. The molecule has 5 nitrogen and oxygen atoms in total. The predicted molar refractivity (Wildman–Crippen MR) is 104 cm³/mol. The van der Waals surface area contributed by atoms with Crippen molar-refractivity contribution in [2.75, 3.05) is 26.2 Å². The normalized spacial score (nSPS) is 18.4. The Bertz CT molecular complexity index is 708. The lowest BCUT2D eigenvalue weighted by atomic mass is 9.85. The van der Waals surface area contributed by atoms with E-state index < -0.39 is 0 Å². The lowest BCUT2D eigenvalue weighted by Gasteiger charge is -2.28. The molecule has 1 aliphatic rings. The number of ether oxygens (including phenoxy) is 1. The standard InChI is InChI=1S/C21H29N3O2/c1-16(18-8-3-10-22-15-18)14-20(25)23-12-5-13-26-19-9-2-6-17-7-4-11-24-21(17)19/h2,4,6-7,9,11,16,18,22H,3,5,8,10,12-15H2,1H3,(H,23,25). The van der Waals surface area contributed by atoms with Gasteiger partial charge in [-0.15, -0.1) is 0 Å². The second kappa shape index (κ2) is 9.53. The Morgan fingerprint density at radius 3 is 3.12 bits per heavy atom. The topological polar surface area (TPSA) is 63.2 Å². The monoisotopic (exact) mass is 355 g/mol. The molecule has 2 atom stereocenters. The number of rotatable bonds is 8. The molecule has 0 radical (unpaired) electrons. The van der Waals surface area contributed by atoms with Gasteiger partial charge in [-0.1, -0.05) is 25.1 Å². The van der Waals surface area contributed by atoms with E-state index in [1.54, 1.807) is 6.20 Å². The van der Waals surface area contributed by atoms with Crippen LogP contribution in [-0.2, 0) is 4.79 Å². The SMILES string of the molecule is CC(CC(=O)NCCCOc1cccc2cccnc12)C1CCCNC1. The molecule has 2 unspecified atom stereocenters. The van der Waals surface area contributed by atoms with Gasteiger partial charge >= 0.3 is 0 Å². The predicted octanol–water partition coefficient (Wildman–Crippen LogP) is 3.15. The summed E-state index contributed by atoms with van der Waals surface area (Å²) in [6, 6.07) is 9.89. The number of aromatic nitrogens is 1. The summed E-state index contributed by atoms with van der Waals surface area (Å²) in [4.78, 5) is 16.5. The first-order chi connectivity index (χ1) is 12.7. The zero-order chi connectivity index (χ0) is 18.2. The summed E-state index contributed by atoms with van der Waals surface area (Å²) in [7, 11) is 0. The van der Waals surface area contributed by atoms with Crippen LogP contribution in [0.2, 0.25) is 0 Å². The van der Waals surface area contributed by atoms with Gasteiger partial charge in [0.15, 0.2) is 0 Å². The summed E-state index contributed by atoms with van der Waals surface area (Å²) in [5, 5.41) is 7.52. The molecule has 140 valence electrons. The van der Waals surface area contributed by atoms with Crippen molar-refractivity contribution in [3.05, 3.63) is 36.5 Å². The van der Waals surface area contributed by atoms with Gasteiger partial charge in [-0.05, 0) is 56.3 Å². The van der Waals surface area contributed by atoms with E-state index in [0.29, 0.717) is 31.4 Å². The largest absolute Gasteiger partial charge is 0.491 e. The van der Waals surface area contributed by atoms with E-state index in [-0.39, 0.29) is 5.91 Å². The van der Waals surface area contributed by atoms with Gasteiger partial charge in [0.2, 0.25) is 5.91 Å². The average Bonchev–Trinajstić information content (AvgIpc) is 2.68. The summed E-state index contributed by atoms with van der Waals surface area (Å²) in [5.74, 6) is 2.00. The molecule has 1 aromatic carbocycles. The number of benzene rings is 1. The van der Waals surface area contributed by atoms with Gasteiger partial charge in [0, 0.05) is 24.5 Å². The van der Waals surface area contributed by atoms with Crippen LogP contribution in [0.15, 0.2) is 36.5 Å². The zero-order valence-corrected chi connectivity index (χ0v) is 15.5. The van der Waals surface area contributed by atoms with Crippen LogP contribution in [-0.4, -0.2) is 37.1 Å². The number of hydrogen-bond donors (Lipinski definition) is 2. The fraction of sp³-hybridized carbons (Fsp3) is 0.524. The summed E-state index contributed by atoms with van der Waals surface area (Å²) in [6.45, 7) is 5.56. The first kappa shape index (κ1) is 18.6. The van der Waals surface area contributed by atoms with Gasteiger partial charge in [-0.2, -0.15) is 0 Å². The van der Waals surface area contributed by atoms with Crippen LogP contribution in [0.25, 0.3) is 10.9 Å². The number of pyridine rings is 1. The first-order valence-corrected chi connectivity index (χ1v) is 9.68. The van der Waals surface area contributed by atoms with Crippen LogP contribution >= 0.6 is 0 Å². The summed E-state index contributed by atoms with van der Waals surface area (Å²) >= 11 is 0. The van der Waals surface area contributed by atoms with E-state index in [4.69, 9.17) is 4.74 Å². The smallest absolute Gasteiger partial charge is 0.220 e. The van der Waals surface area contributed by atoms with Crippen molar-refractivity contribution in [2.45, 2.75) is 32.6 Å². The number of nitrogens with one attached hydrogen (secondary N) is 2. The minimum atomic E-state index is 0.148. The number of nitrogens with zero attached hydrogens (tertiary/aromatic N) is 1. The molecule has 5 heteroatoms. The molecule has 2 N–H and O–H groups in total. The molecule has 3 rings (SSSR count). The average molecular weight is 355 g/mol. The molecule has 0 saturated carbocycles. The van der Waals surface area contributed by atoms with E-state index in [1.165, 1.54) is 12.8 Å². The number of fused-ring (bicyclic) bond motifs is 1. The van der Waals surface area contributed by atoms with E-state index in [9.17, 15) is 4.79 Å². The molecule has 1 fully saturated rings. The van der Waals surface area contributed by atoms with Crippen molar-refractivity contribution in [1.82, 2.24) is 15.6 Å². The molecule has 0 bridgehead atoms. The third-order valence-electron chi connectivity index (χ3n) is 5.14. The fourth-order valence-corrected chi connectivity index (χ4v) is 3.57. The lowest BCUT2D eigenvalue weighted by molar-refractivity contribution is -0.122. The van der Waals surface area contributed by atoms with Crippen molar-refractivity contribution < 1.29 is 9.53 Å². The Labute approximate surface area is 155 Å². The van der Waals surface area contributed by atoms with Crippen LogP contribution < -0.4 is 15.4 Å². The summed E-state index contributed by atoms with van der Waals surface area (Å²) in [5.41, 5.74) is 0.883. The molecule has 26 heavy (non-hydrogen) atoms. The number of carbonyl (C=O) groups is 1. The van der Waals surface area contributed by atoms with Gasteiger partial charge in [-0.25, -0.2) is 0 Å². The number of hydrogen-bond acceptors (Lipinski definition) is 4. The highest BCUT2D eigenvalue weighted by atomic mass is 16.5. The zero-order valence-electron chi connectivity index (χ0n) is 15.5. The highest BCUT2D eigenvalue weighted by molar-refractivity contribution is 5.84. The third-order valence-corrected chi connectivity index (χ3v) is 5.14. The minimum absolute atomic E-state index is 0.148. The van der Waals surface area contributed by atoms with Crippen LogP contribution in [0.1, 0.15) is 32.6 Å². The molecule has 0 aliphatic carbocycles. The Morgan fingerprint density at radius 1 is 1.38 bits per heavy atom. The molecular weight excluding hydrogens is 326 g/mol. The van der Waals surface area contributed by atoms with Gasteiger partial charge in [-0.3, -0.25) is 9.78 Å². The van der Waals surface area contributed by atoms with Crippen LogP contribution in [0.3, 0.4) is 0 Å². The molecule has 1 aliphatic heterocycles. The Morgan fingerprint density at radius 2 is 2.27 bits per heavy atom. The van der Waals surface area contributed by atoms with Gasteiger partial charge in [0.05, 0.1) is 6.61 Å². The Kier molecular flexibility index (Phi) is 6.83. The van der Waals surface area contributed by atoms with E-state index in [1.807, 2.05) is 30.3 Å². The van der Waals surface area contributed by atoms with Crippen molar-refractivity contribution in [3.8, 4) is 5.75 Å². The van der Waals surface area contributed by atoms with Crippen LogP contribution in [0.4, 0.5) is 0 Å². The van der Waals surface area contributed by atoms with Crippen molar-refractivity contribution >= 4 is 16.8 Å². The number of piperidine rings is 1. The summed E-state index contributed by atoms with van der Waals surface area (Å²) in [6.07, 6.45) is 5.62. The lowest BCUT2D eigenvalue weighted by Crippen LogP contribution is -2.35. The molecule has 2 aromatic rings. The van der Waals surface area contributed by atoms with E-state index in [0.717, 1.165) is 36.2 Å². The van der Waals surface area contributed by atoms with Gasteiger partial charge in [0.25, 0.3) is 0 Å². The molecule has 0 spiro atoms. The second-order valence-electron chi connectivity index (χ2n) is 7.17. The maximum absolute atomic E-state index is 12.1. The summed E-state index contributed by atoms with van der Waals surface area (Å²) < 4.78 is 5.86. The van der Waals surface area contributed by atoms with Crippen molar-refractivity contribution in [2.24, 2.45) is 11.8 Å². The number of carbonyl (C=O) groups excluding carboxylic acids is 1. The maximum atomic E-state index is 12.1. The van der Waals surface area contributed by atoms with E-state index >= 15 is 0 Å². The van der Waals surface area contributed by atoms with Crippen molar-refractivity contribution in [1.29, 1.82) is 0 Å². The van der Waals surface area contributed by atoms with Gasteiger partial charge < -0.3 is 15.4 Å². The number of amides is 1. The Hall–Kier alpha value is -2.14. The Balaban J connectivity index is 1.35. The first-order valence-electron chi connectivity index (χ1n) is 9.68. The fourth-order valence-electron chi connectivity index (χ4n) is 3.57.